The zero-order chi connectivity index (χ0) is 56.5. The molecular weight excluding hydrogens is 971 g/mol. The average molecular weight is 1110 g/mol. The van der Waals surface area contributed by atoms with Gasteiger partial charge in [0, 0.05) is 6.42 Å². The normalized spacial score (nSPS) is 18.6. The summed E-state index contributed by atoms with van der Waals surface area (Å²) in [4.78, 5) is 13.1. The largest absolute Gasteiger partial charge is 0.394 e. The van der Waals surface area contributed by atoms with Gasteiger partial charge in [0.2, 0.25) is 5.91 Å². The number of rotatable bonds is 62. The molecule has 0 spiro atoms. The van der Waals surface area contributed by atoms with E-state index in [2.05, 4.69) is 19.2 Å². The lowest BCUT2D eigenvalue weighted by molar-refractivity contribution is -0.302. The zero-order valence-electron chi connectivity index (χ0n) is 52.0. The summed E-state index contributed by atoms with van der Waals surface area (Å²) in [6.45, 7) is 3.84. The van der Waals surface area contributed by atoms with Crippen LogP contribution in [0.4, 0.5) is 0 Å². The molecule has 1 aliphatic heterocycles. The summed E-state index contributed by atoms with van der Waals surface area (Å²) in [7, 11) is 0. The fraction of sp³-hybridized carbons (Fsp3) is 0.957. The Morgan fingerprint density at radius 3 is 1.00 bits per heavy atom. The maximum absolute atomic E-state index is 13.1. The van der Waals surface area contributed by atoms with Crippen LogP contribution < -0.4 is 5.32 Å². The number of carbonyl (C=O) groups excluding carboxylic acids is 1. The fourth-order valence-corrected chi connectivity index (χ4v) is 11.6. The first kappa shape index (κ1) is 74.9. The molecule has 1 amide bonds. The van der Waals surface area contributed by atoms with Gasteiger partial charge in [-0.2, -0.15) is 0 Å². The summed E-state index contributed by atoms with van der Waals surface area (Å²) < 4.78 is 11.3. The molecule has 1 rings (SSSR count). The highest BCUT2D eigenvalue weighted by molar-refractivity contribution is 5.76. The van der Waals surface area contributed by atoms with Crippen molar-refractivity contribution in [3.8, 4) is 0 Å². The van der Waals surface area contributed by atoms with Crippen LogP contribution in [-0.4, -0.2) is 87.5 Å². The molecule has 7 unspecified atom stereocenters. The second-order valence-electron chi connectivity index (χ2n) is 24.7. The molecule has 1 fully saturated rings. The van der Waals surface area contributed by atoms with Crippen LogP contribution in [0.5, 0.6) is 0 Å². The Morgan fingerprint density at radius 1 is 0.423 bits per heavy atom. The molecule has 9 heteroatoms. The summed E-state index contributed by atoms with van der Waals surface area (Å²) in [5.74, 6) is -0.167. The topological polar surface area (TPSA) is 149 Å². The molecule has 0 bridgehead atoms. The number of aliphatic hydroxyl groups is 5. The minimum atomic E-state index is -1.56. The van der Waals surface area contributed by atoms with Crippen molar-refractivity contribution in [2.45, 2.75) is 410 Å². The predicted octanol–water partition coefficient (Wildman–Crippen LogP) is 18.7. The van der Waals surface area contributed by atoms with Crippen molar-refractivity contribution in [3.05, 3.63) is 12.2 Å². The lowest BCUT2D eigenvalue weighted by Crippen LogP contribution is -2.60. The Balaban J connectivity index is 2.10. The van der Waals surface area contributed by atoms with Crippen molar-refractivity contribution in [1.29, 1.82) is 0 Å². The highest BCUT2D eigenvalue weighted by Gasteiger charge is 2.44. The number of hydrogen-bond acceptors (Lipinski definition) is 8. The van der Waals surface area contributed by atoms with Crippen molar-refractivity contribution in [3.63, 3.8) is 0 Å². The van der Waals surface area contributed by atoms with Crippen molar-refractivity contribution < 1.29 is 39.8 Å². The lowest BCUT2D eigenvalue weighted by atomic mass is 9.99. The van der Waals surface area contributed by atoms with Crippen LogP contribution in [0.3, 0.4) is 0 Å². The quantitative estimate of drug-likeness (QED) is 0.0261. The van der Waals surface area contributed by atoms with Crippen LogP contribution in [0.25, 0.3) is 0 Å². The molecule has 0 aromatic rings. The highest BCUT2D eigenvalue weighted by Crippen LogP contribution is 2.24. The average Bonchev–Trinajstić information content (AvgIpc) is 3.45. The third-order valence-corrected chi connectivity index (χ3v) is 17.1. The van der Waals surface area contributed by atoms with E-state index in [-0.39, 0.29) is 12.5 Å². The maximum Gasteiger partial charge on any atom is 0.220 e. The van der Waals surface area contributed by atoms with Crippen molar-refractivity contribution in [2.24, 2.45) is 0 Å². The van der Waals surface area contributed by atoms with Gasteiger partial charge in [-0.15, -0.1) is 0 Å². The van der Waals surface area contributed by atoms with Gasteiger partial charge in [-0.3, -0.25) is 4.79 Å². The SMILES string of the molecule is CCCCCCCCCCCCCCCCCCCCCCC/C=C/C(O)C(COC1OC(CO)C(O)C(O)C1O)NC(=O)CCCCCCCCCCCCCCCCCCCCCCCCCCCCCCCCCC. The first-order valence-corrected chi connectivity index (χ1v) is 34.9. The molecule has 464 valence electrons. The lowest BCUT2D eigenvalue weighted by Gasteiger charge is -2.40. The van der Waals surface area contributed by atoms with Gasteiger partial charge in [-0.05, 0) is 19.3 Å². The van der Waals surface area contributed by atoms with Crippen molar-refractivity contribution >= 4 is 5.91 Å². The smallest absolute Gasteiger partial charge is 0.220 e. The van der Waals surface area contributed by atoms with Gasteiger partial charge in [0.25, 0.3) is 0 Å². The van der Waals surface area contributed by atoms with Crippen LogP contribution >= 0.6 is 0 Å². The molecule has 1 saturated heterocycles. The summed E-state index contributed by atoms with van der Waals surface area (Å²) >= 11 is 0. The molecule has 1 aliphatic rings. The van der Waals surface area contributed by atoms with E-state index < -0.39 is 49.5 Å². The maximum atomic E-state index is 13.1. The minimum Gasteiger partial charge on any atom is -0.394 e. The van der Waals surface area contributed by atoms with E-state index in [4.69, 9.17) is 9.47 Å². The fourth-order valence-electron chi connectivity index (χ4n) is 11.6. The molecule has 0 aromatic heterocycles. The van der Waals surface area contributed by atoms with Gasteiger partial charge in [0.05, 0.1) is 25.4 Å². The van der Waals surface area contributed by atoms with E-state index in [1.165, 1.54) is 308 Å². The number of carbonyl (C=O) groups is 1. The van der Waals surface area contributed by atoms with E-state index in [0.717, 1.165) is 38.5 Å². The van der Waals surface area contributed by atoms with E-state index >= 15 is 0 Å². The van der Waals surface area contributed by atoms with Gasteiger partial charge in [0.1, 0.15) is 24.4 Å². The van der Waals surface area contributed by atoms with Crippen molar-refractivity contribution in [2.75, 3.05) is 13.2 Å². The summed E-state index contributed by atoms with van der Waals surface area (Å²) in [5.41, 5.74) is 0. The number of ether oxygens (including phenoxy) is 2. The number of nitrogens with one attached hydrogen (secondary N) is 1. The Morgan fingerprint density at radius 2 is 0.705 bits per heavy atom. The number of hydrogen-bond donors (Lipinski definition) is 6. The molecule has 0 aliphatic carbocycles. The van der Waals surface area contributed by atoms with Gasteiger partial charge in [0.15, 0.2) is 6.29 Å². The van der Waals surface area contributed by atoms with E-state index in [1.54, 1.807) is 6.08 Å². The third kappa shape index (κ3) is 47.4. The number of amides is 1. The number of unbranched alkanes of at least 4 members (excludes halogenated alkanes) is 52. The molecule has 0 saturated carbocycles. The summed E-state index contributed by atoms with van der Waals surface area (Å²) in [5, 5.41) is 54.7. The van der Waals surface area contributed by atoms with Crippen LogP contribution in [-0.2, 0) is 14.3 Å². The predicted molar refractivity (Wildman–Crippen MR) is 332 cm³/mol. The first-order chi connectivity index (χ1) is 38.3. The van der Waals surface area contributed by atoms with Gasteiger partial charge >= 0.3 is 0 Å². The van der Waals surface area contributed by atoms with Gasteiger partial charge < -0.3 is 40.3 Å². The van der Waals surface area contributed by atoms with Crippen LogP contribution in [0.1, 0.15) is 367 Å². The molecule has 6 N–H and O–H groups in total. The van der Waals surface area contributed by atoms with E-state index in [1.807, 2.05) is 6.08 Å². The highest BCUT2D eigenvalue weighted by atomic mass is 16.7. The first-order valence-electron chi connectivity index (χ1n) is 34.9. The second kappa shape index (κ2) is 59.1. The monoisotopic (exact) mass is 1110 g/mol. The van der Waals surface area contributed by atoms with Crippen LogP contribution in [0.2, 0.25) is 0 Å². The second-order valence-corrected chi connectivity index (χ2v) is 24.7. The Kier molecular flexibility index (Phi) is 56.8. The van der Waals surface area contributed by atoms with Crippen molar-refractivity contribution in [1.82, 2.24) is 5.32 Å². The summed E-state index contributed by atoms with van der Waals surface area (Å²) in [6, 6.07) is -0.802. The van der Waals surface area contributed by atoms with E-state index in [0.29, 0.717) is 6.42 Å². The number of allylic oxidation sites excluding steroid dienone is 1. The van der Waals surface area contributed by atoms with Gasteiger partial charge in [-0.25, -0.2) is 0 Å². The molecule has 0 radical (unpaired) electrons. The Bertz CT molecular complexity index is 1240. The molecule has 1 heterocycles. The minimum absolute atomic E-state index is 0.167. The summed E-state index contributed by atoms with van der Waals surface area (Å²) in [6.07, 6.45) is 68.9. The van der Waals surface area contributed by atoms with Gasteiger partial charge in [-0.1, -0.05) is 353 Å². The Labute approximate surface area is 484 Å². The van der Waals surface area contributed by atoms with Crippen LogP contribution in [0.15, 0.2) is 12.2 Å². The van der Waals surface area contributed by atoms with E-state index in [9.17, 15) is 30.3 Å². The molecule has 7 atom stereocenters. The molecule has 9 nitrogen and oxygen atoms in total. The molecular formula is C69H135NO8. The van der Waals surface area contributed by atoms with Crippen LogP contribution in [0, 0.1) is 0 Å². The third-order valence-electron chi connectivity index (χ3n) is 17.1. The molecule has 0 aromatic carbocycles. The molecule has 78 heavy (non-hydrogen) atoms. The standard InChI is InChI=1S/C69H135NO8/c1-3-5-7-9-11-13-15-17-19-21-23-25-27-28-29-30-31-32-33-34-35-37-39-41-43-45-47-49-51-53-55-57-59-65(73)70-62(61-77-69-68(76)67(75)66(74)64(60-71)78-69)63(72)58-56-54-52-50-48-46-44-42-40-38-36-26-24-22-20-18-16-14-12-10-8-6-4-2/h56,58,62-64,66-69,71-72,74-76H,3-55,57,59-61H2,1-2H3,(H,70,73)/b58-56+. The zero-order valence-corrected chi connectivity index (χ0v) is 52.0. The number of aliphatic hydroxyl groups excluding tert-OH is 5. The Hall–Kier alpha value is -1.07.